The van der Waals surface area contributed by atoms with E-state index in [-0.39, 0.29) is 5.75 Å². The summed E-state index contributed by atoms with van der Waals surface area (Å²) in [6.07, 6.45) is 0. The highest BCUT2D eigenvalue weighted by Gasteiger charge is 2.19. The Labute approximate surface area is 376 Å². The van der Waals surface area contributed by atoms with Crippen molar-refractivity contribution < 1.29 is 14.3 Å². The predicted molar refractivity (Wildman–Crippen MR) is 263 cm³/mol. The summed E-state index contributed by atoms with van der Waals surface area (Å²) in [6.45, 7) is 0. The fourth-order valence-electron chi connectivity index (χ4n) is 8.48. The normalized spacial score (nSPS) is 11.1. The van der Waals surface area contributed by atoms with Crippen molar-refractivity contribution in [3.8, 4) is 51.3 Å². The average Bonchev–Trinajstić information content (AvgIpc) is 3.86. The number of rotatable bonds is 11. The van der Waals surface area contributed by atoms with Gasteiger partial charge in [0.25, 0.3) is 0 Å². The molecule has 1 N–H and O–H groups in total. The number of fused-ring (bicyclic) bond motifs is 2. The van der Waals surface area contributed by atoms with Crippen molar-refractivity contribution in [2.75, 3.05) is 9.80 Å². The van der Waals surface area contributed by atoms with Crippen molar-refractivity contribution in [2.24, 2.45) is 0 Å². The molecule has 0 saturated carbocycles. The lowest BCUT2D eigenvalue weighted by Gasteiger charge is -2.26. The number of para-hydroxylation sites is 3. The Balaban J connectivity index is 0.849. The van der Waals surface area contributed by atoms with Crippen molar-refractivity contribution in [2.45, 2.75) is 0 Å². The number of anilines is 6. The number of nitrogens with zero attached hydrogens (tertiary/aromatic N) is 4. The zero-order valence-corrected chi connectivity index (χ0v) is 35.1. The molecule has 0 amide bonds. The summed E-state index contributed by atoms with van der Waals surface area (Å²) in [7, 11) is 0. The van der Waals surface area contributed by atoms with E-state index in [9.17, 15) is 5.11 Å². The molecule has 10 aromatic carbocycles. The zero-order valence-electron chi connectivity index (χ0n) is 35.1. The Morgan fingerprint density at radius 2 is 0.708 bits per heavy atom. The van der Waals surface area contributed by atoms with Crippen LogP contribution < -0.4 is 14.5 Å². The van der Waals surface area contributed by atoms with Crippen LogP contribution in [0.15, 0.2) is 241 Å². The standard InChI is InChI=1S/C58H40N4O3/c63-55-38-36-53(49-20-10-12-22-51(49)55)57-59-60-58(65-57)54-37-39-56(52-23-13-11-21-50(52)54)64-48-34-32-47(33-35-48)62(44-18-8-3-9-19-44)46-30-26-41(27-31-46)40-24-28-45(29-25-40)61(42-14-4-1-5-15-42)43-16-6-2-7-17-43/h1-39,63H. The quantitative estimate of drug-likeness (QED) is 0.139. The third-order valence-corrected chi connectivity index (χ3v) is 11.6. The van der Waals surface area contributed by atoms with Gasteiger partial charge < -0.3 is 24.1 Å². The number of aromatic nitrogens is 2. The second-order valence-corrected chi connectivity index (χ2v) is 15.6. The lowest BCUT2D eigenvalue weighted by atomic mass is 10.0. The van der Waals surface area contributed by atoms with Crippen LogP contribution in [0.4, 0.5) is 34.1 Å². The highest BCUT2D eigenvalue weighted by molar-refractivity contribution is 6.00. The second kappa shape index (κ2) is 17.1. The molecule has 0 atom stereocenters. The first-order chi connectivity index (χ1) is 32.1. The first-order valence-electron chi connectivity index (χ1n) is 21.5. The van der Waals surface area contributed by atoms with E-state index in [4.69, 9.17) is 9.15 Å². The highest BCUT2D eigenvalue weighted by atomic mass is 16.5. The van der Waals surface area contributed by atoms with Crippen LogP contribution in [0.5, 0.6) is 17.2 Å². The molecule has 0 fully saturated rings. The number of hydrogen-bond acceptors (Lipinski definition) is 7. The van der Waals surface area contributed by atoms with Gasteiger partial charge in [0.2, 0.25) is 11.8 Å². The number of phenols is 1. The summed E-state index contributed by atoms with van der Waals surface area (Å²) in [5.74, 6) is 2.38. The monoisotopic (exact) mass is 840 g/mol. The van der Waals surface area contributed by atoms with Crippen LogP contribution >= 0.6 is 0 Å². The third-order valence-electron chi connectivity index (χ3n) is 11.6. The third kappa shape index (κ3) is 7.68. The Morgan fingerprint density at radius 3 is 1.18 bits per heavy atom. The van der Waals surface area contributed by atoms with Gasteiger partial charge in [-0.1, -0.05) is 127 Å². The summed E-state index contributed by atoms with van der Waals surface area (Å²) < 4.78 is 12.9. The summed E-state index contributed by atoms with van der Waals surface area (Å²) in [5.41, 5.74) is 10.2. The maximum atomic E-state index is 10.4. The van der Waals surface area contributed by atoms with Gasteiger partial charge in [-0.2, -0.15) is 0 Å². The van der Waals surface area contributed by atoms with Gasteiger partial charge in [-0.15, -0.1) is 10.2 Å². The molecule has 0 aliphatic heterocycles. The van der Waals surface area contributed by atoms with Crippen LogP contribution in [-0.2, 0) is 0 Å². The second-order valence-electron chi connectivity index (χ2n) is 15.6. The fourth-order valence-corrected chi connectivity index (χ4v) is 8.48. The molecule has 0 saturated heterocycles. The van der Waals surface area contributed by atoms with Crippen LogP contribution in [0.1, 0.15) is 0 Å². The van der Waals surface area contributed by atoms with Gasteiger partial charge >= 0.3 is 0 Å². The van der Waals surface area contributed by atoms with Gasteiger partial charge in [0.15, 0.2) is 0 Å². The minimum atomic E-state index is 0.202. The molecule has 0 unspecified atom stereocenters. The van der Waals surface area contributed by atoms with Gasteiger partial charge in [0.1, 0.15) is 17.2 Å². The molecule has 0 aliphatic carbocycles. The largest absolute Gasteiger partial charge is 0.507 e. The number of aromatic hydroxyl groups is 1. The Kier molecular flexibility index (Phi) is 10.2. The highest BCUT2D eigenvalue weighted by Crippen LogP contribution is 2.41. The average molecular weight is 841 g/mol. The first-order valence-corrected chi connectivity index (χ1v) is 21.5. The lowest BCUT2D eigenvalue weighted by molar-refractivity contribution is 0.481. The number of hydrogen-bond donors (Lipinski definition) is 1. The molecule has 1 aromatic heterocycles. The van der Waals surface area contributed by atoms with Gasteiger partial charge in [-0.25, -0.2) is 0 Å². The minimum absolute atomic E-state index is 0.202. The maximum Gasteiger partial charge on any atom is 0.248 e. The molecule has 1 heterocycles. The molecule has 11 aromatic rings. The van der Waals surface area contributed by atoms with Gasteiger partial charge in [-0.3, -0.25) is 0 Å². The van der Waals surface area contributed by atoms with Gasteiger partial charge in [-0.05, 0) is 131 Å². The maximum absolute atomic E-state index is 10.4. The van der Waals surface area contributed by atoms with E-state index in [0.29, 0.717) is 23.3 Å². The topological polar surface area (TPSA) is 74.9 Å². The summed E-state index contributed by atoms with van der Waals surface area (Å²) in [6, 6.07) is 80.0. The Hall–Kier alpha value is -8.94. The van der Waals surface area contributed by atoms with E-state index in [0.717, 1.165) is 77.9 Å². The van der Waals surface area contributed by atoms with Gasteiger partial charge in [0.05, 0.1) is 0 Å². The van der Waals surface area contributed by atoms with Crippen molar-refractivity contribution in [3.63, 3.8) is 0 Å². The lowest BCUT2D eigenvalue weighted by Crippen LogP contribution is -2.09. The zero-order chi connectivity index (χ0) is 43.5. The first kappa shape index (κ1) is 38.9. The molecule has 65 heavy (non-hydrogen) atoms. The Morgan fingerprint density at radius 1 is 0.338 bits per heavy atom. The van der Waals surface area contributed by atoms with Crippen molar-refractivity contribution in [3.05, 3.63) is 237 Å². The summed E-state index contributed by atoms with van der Waals surface area (Å²) >= 11 is 0. The molecule has 0 aliphatic rings. The molecular formula is C58H40N4O3. The molecule has 0 radical (unpaired) electrons. The number of ether oxygens (including phenoxy) is 1. The van der Waals surface area contributed by atoms with Crippen molar-refractivity contribution >= 4 is 55.7 Å². The SMILES string of the molecule is Oc1ccc(-c2nnc(-c3ccc(Oc4ccc(N(c5ccccc5)c5ccc(-c6ccc(N(c7ccccc7)c7ccccc7)cc6)cc5)cc4)c4ccccc34)o2)c2ccccc12. The smallest absolute Gasteiger partial charge is 0.248 e. The molecule has 0 bridgehead atoms. The molecule has 7 nitrogen and oxygen atoms in total. The van der Waals surface area contributed by atoms with E-state index >= 15 is 0 Å². The minimum Gasteiger partial charge on any atom is -0.507 e. The van der Waals surface area contributed by atoms with Crippen molar-refractivity contribution in [1.82, 2.24) is 10.2 Å². The van der Waals surface area contributed by atoms with E-state index in [1.54, 1.807) is 12.1 Å². The van der Waals surface area contributed by atoms with E-state index in [2.05, 4.69) is 153 Å². The predicted octanol–water partition coefficient (Wildman–Crippen LogP) is 15.8. The van der Waals surface area contributed by atoms with Crippen LogP contribution in [0, 0.1) is 0 Å². The summed E-state index contributed by atoms with van der Waals surface area (Å²) in [5, 5.41) is 22.7. The summed E-state index contributed by atoms with van der Waals surface area (Å²) in [4.78, 5) is 4.52. The van der Waals surface area contributed by atoms with Crippen molar-refractivity contribution in [1.29, 1.82) is 0 Å². The van der Waals surface area contributed by atoms with Crippen LogP contribution in [-0.4, -0.2) is 15.3 Å². The van der Waals surface area contributed by atoms with Gasteiger partial charge in [0, 0.05) is 56.0 Å². The number of benzene rings is 10. The molecule has 310 valence electrons. The Bertz CT molecular complexity index is 3360. The molecular weight excluding hydrogens is 801 g/mol. The van der Waals surface area contributed by atoms with E-state index in [1.807, 2.05) is 91.0 Å². The number of phenolic OH excluding ortho intramolecular Hbond substituents is 1. The molecule has 11 rings (SSSR count). The van der Waals surface area contributed by atoms with Crippen LogP contribution in [0.25, 0.3) is 55.6 Å². The fraction of sp³-hybridized carbons (Fsp3) is 0. The van der Waals surface area contributed by atoms with Crippen LogP contribution in [0.2, 0.25) is 0 Å². The van der Waals surface area contributed by atoms with Crippen LogP contribution in [0.3, 0.4) is 0 Å². The van der Waals surface area contributed by atoms with E-state index in [1.165, 1.54) is 0 Å². The van der Waals surface area contributed by atoms with E-state index < -0.39 is 0 Å². The molecule has 7 heteroatoms. The molecule has 0 spiro atoms.